The standard InChI is InChI=1S/C15H12N4S/c1-9-12(11-6-4-3-5-7-11)13-14-18-17-10(2)19(14)8-16-15(13)20-9/h3-8H,1-2H3. The molecule has 0 saturated carbocycles. The molecule has 0 unspecified atom stereocenters. The molecule has 20 heavy (non-hydrogen) atoms. The minimum atomic E-state index is 0.859. The first-order valence-corrected chi connectivity index (χ1v) is 7.22. The Morgan fingerprint density at radius 1 is 1.05 bits per heavy atom. The lowest BCUT2D eigenvalue weighted by atomic mass is 10.0. The van der Waals surface area contributed by atoms with E-state index >= 15 is 0 Å². The topological polar surface area (TPSA) is 43.1 Å². The Labute approximate surface area is 119 Å². The fraction of sp³-hybridized carbons (Fsp3) is 0.133. The van der Waals surface area contributed by atoms with Gasteiger partial charge in [-0.3, -0.25) is 4.40 Å². The molecule has 5 heteroatoms. The highest BCUT2D eigenvalue weighted by Gasteiger charge is 2.17. The van der Waals surface area contributed by atoms with Crippen LogP contribution < -0.4 is 0 Å². The van der Waals surface area contributed by atoms with Crippen LogP contribution in [0, 0.1) is 13.8 Å². The first-order valence-electron chi connectivity index (χ1n) is 6.40. The van der Waals surface area contributed by atoms with Gasteiger partial charge in [0.25, 0.3) is 0 Å². The fourth-order valence-electron chi connectivity index (χ4n) is 2.57. The zero-order valence-electron chi connectivity index (χ0n) is 11.2. The number of aryl methyl sites for hydroxylation is 2. The summed E-state index contributed by atoms with van der Waals surface area (Å²) in [4.78, 5) is 6.82. The first-order chi connectivity index (χ1) is 9.75. The SMILES string of the molecule is Cc1sc2ncn3c(C)nnc3c2c1-c1ccccc1. The number of hydrogen-bond acceptors (Lipinski definition) is 4. The molecule has 4 rings (SSSR count). The number of benzene rings is 1. The Kier molecular flexibility index (Phi) is 2.37. The van der Waals surface area contributed by atoms with E-state index in [1.54, 1.807) is 17.7 Å². The van der Waals surface area contributed by atoms with Crippen molar-refractivity contribution in [1.82, 2.24) is 19.6 Å². The molecule has 0 atom stereocenters. The molecule has 0 radical (unpaired) electrons. The zero-order chi connectivity index (χ0) is 13.7. The van der Waals surface area contributed by atoms with Crippen molar-refractivity contribution in [3.8, 4) is 11.1 Å². The number of aromatic nitrogens is 4. The molecule has 0 spiro atoms. The molecule has 0 N–H and O–H groups in total. The predicted molar refractivity (Wildman–Crippen MR) is 81.1 cm³/mol. The van der Waals surface area contributed by atoms with Crippen molar-refractivity contribution in [2.24, 2.45) is 0 Å². The predicted octanol–water partition coefficient (Wildman–Crippen LogP) is 3.62. The van der Waals surface area contributed by atoms with Gasteiger partial charge in [-0.2, -0.15) is 0 Å². The summed E-state index contributed by atoms with van der Waals surface area (Å²) in [6.45, 7) is 4.07. The first kappa shape index (κ1) is 11.5. The average molecular weight is 280 g/mol. The summed E-state index contributed by atoms with van der Waals surface area (Å²) in [6, 6.07) is 10.4. The second-order valence-corrected chi connectivity index (χ2v) is 5.97. The van der Waals surface area contributed by atoms with Crippen molar-refractivity contribution in [3.05, 3.63) is 47.4 Å². The fourth-order valence-corrected chi connectivity index (χ4v) is 3.58. The van der Waals surface area contributed by atoms with Crippen LogP contribution in [-0.2, 0) is 0 Å². The van der Waals surface area contributed by atoms with E-state index in [0.717, 1.165) is 21.7 Å². The quantitative estimate of drug-likeness (QED) is 0.535. The maximum Gasteiger partial charge on any atom is 0.173 e. The lowest BCUT2D eigenvalue weighted by molar-refractivity contribution is 0.990. The van der Waals surface area contributed by atoms with Crippen LogP contribution in [0.5, 0.6) is 0 Å². The monoisotopic (exact) mass is 280 g/mol. The summed E-state index contributed by atoms with van der Waals surface area (Å²) in [7, 11) is 0. The van der Waals surface area contributed by atoms with E-state index in [4.69, 9.17) is 0 Å². The Hall–Kier alpha value is -2.27. The Bertz CT molecular complexity index is 921. The minimum absolute atomic E-state index is 0.859. The van der Waals surface area contributed by atoms with Gasteiger partial charge < -0.3 is 0 Å². The minimum Gasteiger partial charge on any atom is -0.269 e. The number of nitrogens with zero attached hydrogens (tertiary/aromatic N) is 4. The van der Waals surface area contributed by atoms with Crippen LogP contribution in [0.2, 0.25) is 0 Å². The van der Waals surface area contributed by atoms with Gasteiger partial charge in [0.1, 0.15) is 17.0 Å². The zero-order valence-corrected chi connectivity index (χ0v) is 12.0. The molecule has 0 aliphatic carbocycles. The van der Waals surface area contributed by atoms with Gasteiger partial charge in [0.2, 0.25) is 0 Å². The molecule has 0 saturated heterocycles. The summed E-state index contributed by atoms with van der Waals surface area (Å²) in [5.74, 6) is 0.859. The van der Waals surface area contributed by atoms with Gasteiger partial charge >= 0.3 is 0 Å². The van der Waals surface area contributed by atoms with Crippen LogP contribution in [0.1, 0.15) is 10.7 Å². The maximum absolute atomic E-state index is 4.55. The van der Waals surface area contributed by atoms with E-state index in [9.17, 15) is 0 Å². The molecule has 0 aliphatic rings. The van der Waals surface area contributed by atoms with E-state index in [1.165, 1.54) is 16.0 Å². The number of hydrogen-bond donors (Lipinski definition) is 0. The van der Waals surface area contributed by atoms with E-state index in [-0.39, 0.29) is 0 Å². The smallest absolute Gasteiger partial charge is 0.173 e. The molecule has 4 nitrogen and oxygen atoms in total. The van der Waals surface area contributed by atoms with Gasteiger partial charge in [-0.25, -0.2) is 4.98 Å². The van der Waals surface area contributed by atoms with Crippen molar-refractivity contribution >= 4 is 27.2 Å². The average Bonchev–Trinajstić information content (AvgIpc) is 2.99. The second kappa shape index (κ2) is 4.11. The number of thiophene rings is 1. The van der Waals surface area contributed by atoms with Gasteiger partial charge in [-0.05, 0) is 19.4 Å². The number of fused-ring (bicyclic) bond motifs is 3. The van der Waals surface area contributed by atoms with Crippen LogP contribution in [0.3, 0.4) is 0 Å². The van der Waals surface area contributed by atoms with Crippen LogP contribution in [-0.4, -0.2) is 19.6 Å². The van der Waals surface area contributed by atoms with Gasteiger partial charge in [-0.15, -0.1) is 21.5 Å². The van der Waals surface area contributed by atoms with Gasteiger partial charge in [0.15, 0.2) is 5.65 Å². The number of rotatable bonds is 1. The largest absolute Gasteiger partial charge is 0.269 e. The molecule has 1 aromatic carbocycles. The summed E-state index contributed by atoms with van der Waals surface area (Å²) < 4.78 is 1.95. The highest BCUT2D eigenvalue weighted by molar-refractivity contribution is 7.19. The van der Waals surface area contributed by atoms with Crippen LogP contribution >= 0.6 is 11.3 Å². The summed E-state index contributed by atoms with van der Waals surface area (Å²) in [6.07, 6.45) is 1.80. The van der Waals surface area contributed by atoms with Crippen molar-refractivity contribution in [3.63, 3.8) is 0 Å². The van der Waals surface area contributed by atoms with Crippen LogP contribution in [0.25, 0.3) is 27.0 Å². The highest BCUT2D eigenvalue weighted by Crippen LogP contribution is 2.38. The molecule has 4 aromatic rings. The molecule has 0 aliphatic heterocycles. The van der Waals surface area contributed by atoms with Crippen LogP contribution in [0.15, 0.2) is 36.7 Å². The summed E-state index contributed by atoms with van der Waals surface area (Å²) in [5.41, 5.74) is 3.30. The second-order valence-electron chi connectivity index (χ2n) is 4.76. The summed E-state index contributed by atoms with van der Waals surface area (Å²) >= 11 is 1.71. The van der Waals surface area contributed by atoms with Crippen molar-refractivity contribution in [1.29, 1.82) is 0 Å². The van der Waals surface area contributed by atoms with Gasteiger partial charge in [-0.1, -0.05) is 30.3 Å². The van der Waals surface area contributed by atoms with Crippen molar-refractivity contribution in [2.45, 2.75) is 13.8 Å². The third kappa shape index (κ3) is 1.50. The highest BCUT2D eigenvalue weighted by atomic mass is 32.1. The van der Waals surface area contributed by atoms with Crippen LogP contribution in [0.4, 0.5) is 0 Å². The Morgan fingerprint density at radius 2 is 1.85 bits per heavy atom. The van der Waals surface area contributed by atoms with Gasteiger partial charge in [0.05, 0.1) is 5.39 Å². The molecule has 3 heterocycles. The summed E-state index contributed by atoms with van der Waals surface area (Å²) in [5, 5.41) is 9.59. The van der Waals surface area contributed by atoms with E-state index in [0.29, 0.717) is 0 Å². The normalized spacial score (nSPS) is 11.5. The molecular formula is C15H12N4S. The van der Waals surface area contributed by atoms with Crippen molar-refractivity contribution < 1.29 is 0 Å². The van der Waals surface area contributed by atoms with Gasteiger partial charge in [0, 0.05) is 10.4 Å². The Balaban J connectivity index is 2.20. The molecule has 98 valence electrons. The third-order valence-corrected chi connectivity index (χ3v) is 4.52. The molecule has 0 amide bonds. The lowest BCUT2D eigenvalue weighted by Crippen LogP contribution is -1.90. The molecular weight excluding hydrogens is 268 g/mol. The maximum atomic E-state index is 4.55. The molecule has 3 aromatic heterocycles. The Morgan fingerprint density at radius 3 is 2.65 bits per heavy atom. The third-order valence-electron chi connectivity index (χ3n) is 3.51. The van der Waals surface area contributed by atoms with E-state index in [1.807, 2.05) is 17.4 Å². The molecule has 0 bridgehead atoms. The van der Waals surface area contributed by atoms with Crippen molar-refractivity contribution in [2.75, 3.05) is 0 Å². The van der Waals surface area contributed by atoms with E-state index < -0.39 is 0 Å². The lowest BCUT2D eigenvalue weighted by Gasteiger charge is -2.02. The molecule has 0 fully saturated rings. The van der Waals surface area contributed by atoms with E-state index in [2.05, 4.69) is 46.4 Å².